The number of hydrogen-bond acceptors (Lipinski definition) is 5. The summed E-state index contributed by atoms with van der Waals surface area (Å²) in [4.78, 5) is 0. The molecule has 1 N–H and O–H groups in total. The number of hydrogen-bond donors (Lipinski definition) is 1. The van der Waals surface area contributed by atoms with Gasteiger partial charge in [-0.05, 0) is 24.0 Å². The van der Waals surface area contributed by atoms with Crippen molar-refractivity contribution >= 4 is 30.1 Å². The Bertz CT molecular complexity index is 1060. The fourth-order valence-electron chi connectivity index (χ4n) is 2.83. The molecule has 1 unspecified atom stereocenters. The van der Waals surface area contributed by atoms with Crippen molar-refractivity contribution in [1.82, 2.24) is 18.2 Å². The first kappa shape index (κ1) is 27.7. The van der Waals surface area contributed by atoms with E-state index in [1.54, 1.807) is 14.1 Å². The second-order valence-electron chi connectivity index (χ2n) is 8.22. The predicted molar refractivity (Wildman–Crippen MR) is 134 cm³/mol. The van der Waals surface area contributed by atoms with Gasteiger partial charge in [-0.25, -0.2) is 0 Å². The number of benzene rings is 2. The van der Waals surface area contributed by atoms with Crippen LogP contribution in [0, 0.1) is 0 Å². The minimum absolute atomic E-state index is 0.134. The molecule has 0 aromatic heterocycles. The molecule has 0 spiro atoms. The SMILES string of the molecule is CN(C)S(=O)(=O)Cl.CN(C)S(=O)(=O)N1C[C@@H]1Cc1ccccc1.c1ccc(C[C@H]2CN2)cc1. The number of nitrogens with zero attached hydrogens (tertiary/aromatic N) is 3. The van der Waals surface area contributed by atoms with Crippen molar-refractivity contribution in [3.63, 3.8) is 0 Å². The smallest absolute Gasteiger partial charge is 0.299 e. The van der Waals surface area contributed by atoms with Crippen LogP contribution in [0.3, 0.4) is 0 Å². The van der Waals surface area contributed by atoms with Crippen molar-refractivity contribution in [3.8, 4) is 0 Å². The quantitative estimate of drug-likeness (QED) is 0.448. The average molecular weight is 517 g/mol. The van der Waals surface area contributed by atoms with Crippen molar-refractivity contribution in [2.45, 2.75) is 24.9 Å². The minimum atomic E-state index is -3.44. The number of nitrogens with one attached hydrogen (secondary N) is 1. The highest BCUT2D eigenvalue weighted by Crippen LogP contribution is 2.26. The molecule has 2 aliphatic rings. The van der Waals surface area contributed by atoms with Gasteiger partial charge in [0.25, 0.3) is 19.4 Å². The third-order valence-electron chi connectivity index (χ3n) is 4.99. The van der Waals surface area contributed by atoms with Crippen molar-refractivity contribution < 1.29 is 16.8 Å². The zero-order chi connectivity index (χ0) is 24.6. The highest BCUT2D eigenvalue weighted by atomic mass is 35.7. The molecule has 8 nitrogen and oxygen atoms in total. The molecule has 2 aliphatic heterocycles. The number of rotatable bonds is 7. The Morgan fingerprint density at radius 2 is 1.27 bits per heavy atom. The van der Waals surface area contributed by atoms with Crippen LogP contribution >= 0.6 is 10.7 Å². The first-order chi connectivity index (χ1) is 15.4. The molecule has 0 radical (unpaired) electrons. The number of halogens is 1. The third-order valence-corrected chi connectivity index (χ3v) is 8.65. The van der Waals surface area contributed by atoms with E-state index in [2.05, 4.69) is 35.6 Å². The highest BCUT2D eigenvalue weighted by molar-refractivity contribution is 8.11. The molecular formula is C22H33ClN4O4S2. The summed E-state index contributed by atoms with van der Waals surface area (Å²) < 4.78 is 47.2. The van der Waals surface area contributed by atoms with E-state index in [4.69, 9.17) is 10.7 Å². The van der Waals surface area contributed by atoms with Gasteiger partial charge in [-0.3, -0.25) is 0 Å². The predicted octanol–water partition coefficient (Wildman–Crippen LogP) is 1.95. The lowest BCUT2D eigenvalue weighted by Crippen LogP contribution is -2.30. The standard InChI is InChI=1S/C11H16N2O2S.C9H11N.C2H6ClNO2S/c1-12(2)16(14,15)13-9-11(13)8-10-6-4-3-5-7-10;1-2-4-8(5-3-1)6-9-7-10-9;1-4(2)7(3,5)6/h3-7,11H,8-9H2,1-2H3;1-5,9-10H,6-7H2;1-2H3/t11-,13?;9-;/m00./s1. The lowest BCUT2D eigenvalue weighted by atomic mass is 10.1. The van der Waals surface area contributed by atoms with Crippen molar-refractivity contribution in [3.05, 3.63) is 71.8 Å². The normalized spacial score (nSPS) is 21.5. The molecular weight excluding hydrogens is 484 g/mol. The van der Waals surface area contributed by atoms with Crippen molar-refractivity contribution in [1.29, 1.82) is 0 Å². The third kappa shape index (κ3) is 10.1. The average Bonchev–Trinajstić information content (AvgIpc) is 3.67. The minimum Gasteiger partial charge on any atom is -0.311 e. The molecule has 2 heterocycles. The van der Waals surface area contributed by atoms with Gasteiger partial charge < -0.3 is 5.32 Å². The van der Waals surface area contributed by atoms with E-state index >= 15 is 0 Å². The largest absolute Gasteiger partial charge is 0.311 e. The summed E-state index contributed by atoms with van der Waals surface area (Å²) in [5, 5.41) is 3.28. The van der Waals surface area contributed by atoms with Gasteiger partial charge in [-0.15, -0.1) is 0 Å². The fourth-order valence-corrected chi connectivity index (χ4v) is 4.06. The Kier molecular flexibility index (Phi) is 10.3. The summed E-state index contributed by atoms with van der Waals surface area (Å²) in [6, 6.07) is 21.5. The monoisotopic (exact) mass is 516 g/mol. The van der Waals surface area contributed by atoms with Crippen LogP contribution in [0.25, 0.3) is 0 Å². The molecule has 2 fully saturated rings. The lowest BCUT2D eigenvalue weighted by molar-refractivity contribution is 0.477. The van der Waals surface area contributed by atoms with Gasteiger partial charge in [0.15, 0.2) is 0 Å². The zero-order valence-corrected chi connectivity index (χ0v) is 21.8. The van der Waals surface area contributed by atoms with Gasteiger partial charge in [0.05, 0.1) is 0 Å². The van der Waals surface area contributed by atoms with Crippen LogP contribution in [0.15, 0.2) is 60.7 Å². The van der Waals surface area contributed by atoms with Crippen LogP contribution in [-0.2, 0) is 32.3 Å². The Morgan fingerprint density at radius 3 is 1.64 bits per heavy atom. The Hall–Kier alpha value is -1.53. The summed E-state index contributed by atoms with van der Waals surface area (Å²) in [5.41, 5.74) is 2.63. The molecule has 0 saturated carbocycles. The van der Waals surface area contributed by atoms with E-state index in [1.807, 2.05) is 30.3 Å². The fraction of sp³-hybridized carbons (Fsp3) is 0.455. The summed E-state index contributed by atoms with van der Waals surface area (Å²) >= 11 is 0. The van der Waals surface area contributed by atoms with Gasteiger partial charge in [0.1, 0.15) is 0 Å². The van der Waals surface area contributed by atoms with E-state index in [1.165, 1.54) is 46.8 Å². The van der Waals surface area contributed by atoms with Gasteiger partial charge in [-0.1, -0.05) is 60.7 Å². The van der Waals surface area contributed by atoms with Crippen LogP contribution in [-0.4, -0.2) is 83.1 Å². The summed E-state index contributed by atoms with van der Waals surface area (Å²) in [6.07, 6.45) is 1.99. The second kappa shape index (κ2) is 12.3. The molecule has 4 rings (SSSR count). The molecule has 0 amide bonds. The Balaban J connectivity index is 0.000000194. The van der Waals surface area contributed by atoms with E-state index in [0.717, 1.165) is 16.8 Å². The van der Waals surface area contributed by atoms with Gasteiger partial charge in [0, 0.05) is 64.0 Å². The molecule has 0 aliphatic carbocycles. The molecule has 2 aromatic rings. The topological polar surface area (TPSA) is 99.7 Å². The van der Waals surface area contributed by atoms with Crippen LogP contribution in [0.1, 0.15) is 11.1 Å². The van der Waals surface area contributed by atoms with E-state index < -0.39 is 19.4 Å². The van der Waals surface area contributed by atoms with Crippen LogP contribution in [0.2, 0.25) is 0 Å². The first-order valence-corrected chi connectivity index (χ1v) is 14.2. The molecule has 2 aromatic carbocycles. The second-order valence-corrected chi connectivity index (χ2v) is 13.0. The maximum absolute atomic E-state index is 11.7. The van der Waals surface area contributed by atoms with Crippen LogP contribution < -0.4 is 5.32 Å². The highest BCUT2D eigenvalue weighted by Gasteiger charge is 2.44. The lowest BCUT2D eigenvalue weighted by Gasteiger charge is -2.12. The summed E-state index contributed by atoms with van der Waals surface area (Å²) in [5.74, 6) is 0. The van der Waals surface area contributed by atoms with Crippen LogP contribution in [0.5, 0.6) is 0 Å². The molecule has 2 saturated heterocycles. The van der Waals surface area contributed by atoms with E-state index in [-0.39, 0.29) is 6.04 Å². The Morgan fingerprint density at radius 1 is 0.848 bits per heavy atom. The molecule has 33 heavy (non-hydrogen) atoms. The van der Waals surface area contributed by atoms with Gasteiger partial charge in [-0.2, -0.15) is 29.8 Å². The van der Waals surface area contributed by atoms with Gasteiger partial charge >= 0.3 is 0 Å². The summed E-state index contributed by atoms with van der Waals surface area (Å²) in [6.45, 7) is 1.84. The van der Waals surface area contributed by atoms with Crippen LogP contribution in [0.4, 0.5) is 0 Å². The van der Waals surface area contributed by atoms with Crippen molar-refractivity contribution in [2.75, 3.05) is 41.3 Å². The van der Waals surface area contributed by atoms with E-state index in [0.29, 0.717) is 6.54 Å². The maximum atomic E-state index is 11.7. The Labute approximate surface area is 202 Å². The molecule has 184 valence electrons. The van der Waals surface area contributed by atoms with E-state index in [9.17, 15) is 16.8 Å². The maximum Gasteiger partial charge on any atom is 0.299 e. The summed E-state index contributed by atoms with van der Waals surface area (Å²) in [7, 11) is 3.98. The molecule has 3 atom stereocenters. The zero-order valence-electron chi connectivity index (χ0n) is 19.4. The molecule has 0 bridgehead atoms. The molecule has 11 heteroatoms. The first-order valence-electron chi connectivity index (χ1n) is 10.5. The van der Waals surface area contributed by atoms with Crippen molar-refractivity contribution in [2.24, 2.45) is 0 Å². The van der Waals surface area contributed by atoms with Gasteiger partial charge in [0.2, 0.25) is 0 Å².